The monoisotopic (exact) mass is 674 g/mol. The van der Waals surface area contributed by atoms with Crippen molar-refractivity contribution in [2.75, 3.05) is 41.0 Å². The molecule has 1 N–H and O–H groups in total. The number of esters is 2. The Morgan fingerprint density at radius 3 is 1.65 bits per heavy atom. The molecule has 274 valence electrons. The molecule has 0 aromatic rings. The quantitative estimate of drug-likeness (QED) is 0.0339. The second-order valence-corrected chi connectivity index (χ2v) is 13.1. The number of carboxylic acids is 1. The molecule has 0 heterocycles. The summed E-state index contributed by atoms with van der Waals surface area (Å²) in [5.74, 6) is -1.64. The normalized spacial score (nSPS) is 13.8. The van der Waals surface area contributed by atoms with E-state index < -0.39 is 24.1 Å². The largest absolute Gasteiger partial charge is 0.477 e. The van der Waals surface area contributed by atoms with E-state index >= 15 is 0 Å². The third-order valence-corrected chi connectivity index (χ3v) is 7.71. The summed E-state index contributed by atoms with van der Waals surface area (Å²) in [5.41, 5.74) is 0. The SMILES string of the molecule is CC/C=C\C/C=C\C/C=C\C/C=C\C/C=C\CC(=O)OC(COCCC(C(=O)O)[N+](C)(C)C)COC(=O)CCCCCCCCCCC. The molecule has 0 saturated carbocycles. The van der Waals surface area contributed by atoms with Gasteiger partial charge in [0.2, 0.25) is 0 Å². The molecule has 0 fully saturated rings. The second-order valence-electron chi connectivity index (χ2n) is 13.1. The molecule has 0 bridgehead atoms. The van der Waals surface area contributed by atoms with E-state index in [2.05, 4.69) is 62.5 Å². The van der Waals surface area contributed by atoms with Crippen molar-refractivity contribution in [3.8, 4) is 0 Å². The molecule has 0 aliphatic heterocycles. The fourth-order valence-electron chi connectivity index (χ4n) is 4.87. The molecule has 8 nitrogen and oxygen atoms in total. The van der Waals surface area contributed by atoms with E-state index in [0.717, 1.165) is 44.9 Å². The first-order valence-corrected chi connectivity index (χ1v) is 18.3. The molecule has 0 amide bonds. The van der Waals surface area contributed by atoms with E-state index in [1.165, 1.54) is 38.5 Å². The minimum atomic E-state index is -0.892. The number of rotatable bonds is 31. The minimum Gasteiger partial charge on any atom is -0.477 e. The first kappa shape index (κ1) is 45.0. The van der Waals surface area contributed by atoms with Gasteiger partial charge in [-0.25, -0.2) is 4.79 Å². The maximum absolute atomic E-state index is 12.6. The van der Waals surface area contributed by atoms with Gasteiger partial charge in [0.1, 0.15) is 6.61 Å². The number of allylic oxidation sites excluding steroid dienone is 9. The molecule has 0 saturated heterocycles. The summed E-state index contributed by atoms with van der Waals surface area (Å²) >= 11 is 0. The molecule has 8 heteroatoms. The Morgan fingerprint density at radius 2 is 1.15 bits per heavy atom. The van der Waals surface area contributed by atoms with Crippen LogP contribution >= 0.6 is 0 Å². The maximum Gasteiger partial charge on any atom is 0.362 e. The smallest absolute Gasteiger partial charge is 0.362 e. The first-order chi connectivity index (χ1) is 23.1. The lowest BCUT2D eigenvalue weighted by Gasteiger charge is -2.31. The maximum atomic E-state index is 12.6. The van der Waals surface area contributed by atoms with Crippen molar-refractivity contribution in [3.63, 3.8) is 0 Å². The number of quaternary nitrogens is 1. The lowest BCUT2D eigenvalue weighted by Crippen LogP contribution is -2.50. The summed E-state index contributed by atoms with van der Waals surface area (Å²) in [5, 5.41) is 9.56. The van der Waals surface area contributed by atoms with Crippen molar-refractivity contribution >= 4 is 17.9 Å². The van der Waals surface area contributed by atoms with E-state index in [9.17, 15) is 19.5 Å². The van der Waals surface area contributed by atoms with Crippen molar-refractivity contribution in [2.24, 2.45) is 0 Å². The Hall–Kier alpha value is -2.97. The fraction of sp³-hybridized carbons (Fsp3) is 0.675. The number of carboxylic acid groups (broad SMARTS) is 1. The van der Waals surface area contributed by atoms with Crippen molar-refractivity contribution in [1.82, 2.24) is 0 Å². The Kier molecular flexibility index (Phi) is 29.4. The van der Waals surface area contributed by atoms with Crippen molar-refractivity contribution < 1.29 is 38.2 Å². The van der Waals surface area contributed by atoms with Crippen LogP contribution in [0.15, 0.2) is 60.8 Å². The van der Waals surface area contributed by atoms with E-state index in [-0.39, 0.29) is 36.7 Å². The van der Waals surface area contributed by atoms with Crippen LogP contribution in [-0.4, -0.2) is 80.6 Å². The summed E-state index contributed by atoms with van der Waals surface area (Å²) in [6.45, 7) is 4.46. The highest BCUT2D eigenvalue weighted by atomic mass is 16.6. The Labute approximate surface area is 292 Å². The number of nitrogens with zero attached hydrogens (tertiary/aromatic N) is 1. The number of unbranched alkanes of at least 4 members (excludes halogenated alkanes) is 8. The summed E-state index contributed by atoms with van der Waals surface area (Å²) < 4.78 is 17.0. The third-order valence-electron chi connectivity index (χ3n) is 7.71. The molecule has 0 aromatic carbocycles. The lowest BCUT2D eigenvalue weighted by atomic mass is 10.1. The Morgan fingerprint density at radius 1 is 0.646 bits per heavy atom. The third kappa shape index (κ3) is 29.2. The molecule has 0 aromatic heterocycles. The Bertz CT molecular complexity index is 975. The van der Waals surface area contributed by atoms with Crippen LogP contribution < -0.4 is 0 Å². The van der Waals surface area contributed by atoms with Gasteiger partial charge < -0.3 is 23.8 Å². The van der Waals surface area contributed by atoms with Gasteiger partial charge >= 0.3 is 17.9 Å². The van der Waals surface area contributed by atoms with E-state index in [1.807, 2.05) is 27.2 Å². The topological polar surface area (TPSA) is 99.1 Å². The van der Waals surface area contributed by atoms with Crippen LogP contribution in [0, 0.1) is 0 Å². The number of aliphatic carboxylic acids is 1. The van der Waals surface area contributed by atoms with Gasteiger partial charge in [0.25, 0.3) is 0 Å². The highest BCUT2D eigenvalue weighted by Crippen LogP contribution is 2.12. The van der Waals surface area contributed by atoms with Crippen LogP contribution in [0.1, 0.15) is 123 Å². The van der Waals surface area contributed by atoms with Crippen molar-refractivity contribution in [2.45, 2.75) is 135 Å². The molecule has 0 spiro atoms. The van der Waals surface area contributed by atoms with Gasteiger partial charge in [0.15, 0.2) is 12.1 Å². The first-order valence-electron chi connectivity index (χ1n) is 18.3. The van der Waals surface area contributed by atoms with Gasteiger partial charge in [0.05, 0.1) is 40.8 Å². The second kappa shape index (κ2) is 31.3. The van der Waals surface area contributed by atoms with E-state index in [4.69, 9.17) is 14.2 Å². The van der Waals surface area contributed by atoms with Crippen molar-refractivity contribution in [1.29, 1.82) is 0 Å². The summed E-state index contributed by atoms with van der Waals surface area (Å²) in [4.78, 5) is 36.6. The molecule has 0 rings (SSSR count). The molecule has 2 unspecified atom stereocenters. The van der Waals surface area contributed by atoms with Crippen LogP contribution in [0.3, 0.4) is 0 Å². The predicted molar refractivity (Wildman–Crippen MR) is 197 cm³/mol. The lowest BCUT2D eigenvalue weighted by molar-refractivity contribution is -0.887. The zero-order valence-corrected chi connectivity index (χ0v) is 30.9. The summed E-state index contributed by atoms with van der Waals surface area (Å²) in [6, 6.07) is -0.629. The van der Waals surface area contributed by atoms with E-state index in [1.54, 1.807) is 6.08 Å². The molecule has 0 aliphatic carbocycles. The minimum absolute atomic E-state index is 0.0200. The highest BCUT2D eigenvalue weighted by Gasteiger charge is 2.31. The fourth-order valence-corrected chi connectivity index (χ4v) is 4.87. The molecule has 0 aliphatic rings. The van der Waals surface area contributed by atoms with Crippen LogP contribution in [0.5, 0.6) is 0 Å². The summed E-state index contributed by atoms with van der Waals surface area (Å²) in [7, 11) is 5.47. The van der Waals surface area contributed by atoms with Gasteiger partial charge in [-0.05, 0) is 38.5 Å². The van der Waals surface area contributed by atoms with Crippen LogP contribution in [0.25, 0.3) is 0 Å². The average molecular weight is 675 g/mol. The number of hydrogen-bond donors (Lipinski definition) is 1. The number of carbonyl (C=O) groups excluding carboxylic acids is 2. The van der Waals surface area contributed by atoms with Gasteiger partial charge in [-0.2, -0.15) is 0 Å². The average Bonchev–Trinajstić information content (AvgIpc) is 3.03. The summed E-state index contributed by atoms with van der Waals surface area (Å²) in [6.07, 6.45) is 35.8. The van der Waals surface area contributed by atoms with Gasteiger partial charge in [-0.15, -0.1) is 0 Å². The van der Waals surface area contributed by atoms with Crippen LogP contribution in [0.4, 0.5) is 0 Å². The van der Waals surface area contributed by atoms with E-state index in [0.29, 0.717) is 19.3 Å². The highest BCUT2D eigenvalue weighted by molar-refractivity contribution is 5.72. The zero-order valence-electron chi connectivity index (χ0n) is 30.9. The molecular weight excluding hydrogens is 606 g/mol. The van der Waals surface area contributed by atoms with Crippen molar-refractivity contribution in [3.05, 3.63) is 60.8 Å². The van der Waals surface area contributed by atoms with Gasteiger partial charge in [0, 0.05) is 12.8 Å². The molecule has 48 heavy (non-hydrogen) atoms. The zero-order chi connectivity index (χ0) is 35.7. The number of hydrogen-bond acceptors (Lipinski definition) is 6. The molecule has 2 atom stereocenters. The van der Waals surface area contributed by atoms with Crippen LogP contribution in [0.2, 0.25) is 0 Å². The van der Waals surface area contributed by atoms with Gasteiger partial charge in [-0.1, -0.05) is 126 Å². The number of carbonyl (C=O) groups is 3. The van der Waals surface area contributed by atoms with Crippen LogP contribution in [-0.2, 0) is 28.6 Å². The molecular formula is C40H68NO7+. The van der Waals surface area contributed by atoms with Gasteiger partial charge in [-0.3, -0.25) is 9.59 Å². The standard InChI is InChI=1S/C40H67NO7/c1-6-8-10-12-14-16-17-18-19-20-21-23-25-27-29-31-39(43)48-36(34-46-33-32-37(40(44)45)41(3,4)5)35-47-38(42)30-28-26-24-22-15-13-11-9-7-2/h8,10,14,16,18-19,21,23,27,29,36-37H,6-7,9,11-13,15,17,20,22,24-26,28,30-35H2,1-5H3/p+1/b10-8-,16-14-,19-18-,23-21-,29-27-. The molecule has 0 radical (unpaired) electrons. The number of likely N-dealkylation sites (N-methyl/N-ethyl adjacent to an activating group) is 1. The number of ether oxygens (including phenoxy) is 3. The predicted octanol–water partition coefficient (Wildman–Crippen LogP) is 9.07. The Balaban J connectivity index is 4.61.